The van der Waals surface area contributed by atoms with Gasteiger partial charge in [0.1, 0.15) is 24.6 Å². The van der Waals surface area contributed by atoms with Gasteiger partial charge >= 0.3 is 5.97 Å². The molecule has 2 aromatic carbocycles. The van der Waals surface area contributed by atoms with Crippen LogP contribution in [-0.2, 0) is 32.2 Å². The molecule has 8 nitrogen and oxygen atoms in total. The molecular weight excluding hydrogens is 532 g/mol. The summed E-state index contributed by atoms with van der Waals surface area (Å²) in [6, 6.07) is 8.21. The van der Waals surface area contributed by atoms with Gasteiger partial charge in [-0.1, -0.05) is 35.7 Å². The number of fused-ring (bicyclic) bond motifs is 1. The number of aromatic nitrogens is 1. The highest BCUT2D eigenvalue weighted by Crippen LogP contribution is 2.26. The maximum atomic E-state index is 14.4. The van der Waals surface area contributed by atoms with E-state index in [9.17, 15) is 28.0 Å². The van der Waals surface area contributed by atoms with Gasteiger partial charge in [0.2, 0.25) is 11.8 Å². The molecule has 0 radical (unpaired) electrons. The van der Waals surface area contributed by atoms with Crippen LogP contribution in [0.2, 0.25) is 5.02 Å². The van der Waals surface area contributed by atoms with Crippen LogP contribution in [0.4, 0.5) is 8.78 Å². The molecule has 11 heteroatoms. The Labute approximate surface area is 227 Å². The number of hydrogen-bond acceptors (Lipinski definition) is 5. The Hall–Kier alpha value is -4.23. The molecular formula is C28H24ClF2N3O5. The quantitative estimate of drug-likeness (QED) is 0.286. The number of nitrogens with zero attached hydrogens (tertiary/aromatic N) is 2. The number of likely N-dealkylation sites (tertiary alicyclic amines) is 1. The number of halogens is 3. The Morgan fingerprint density at radius 2 is 1.97 bits per heavy atom. The average Bonchev–Trinajstić information content (AvgIpc) is 3.48. The number of alkyl halides is 1. The monoisotopic (exact) mass is 555 g/mol. The first kappa shape index (κ1) is 27.8. The second-order valence-corrected chi connectivity index (χ2v) is 9.43. The molecule has 0 saturated carbocycles. The smallest absolute Gasteiger partial charge is 0.384 e. The van der Waals surface area contributed by atoms with Crippen LogP contribution in [0.25, 0.3) is 10.9 Å². The summed E-state index contributed by atoms with van der Waals surface area (Å²) in [6.07, 6.45) is -0.0989. The van der Waals surface area contributed by atoms with Crippen molar-refractivity contribution in [3.8, 4) is 11.8 Å². The third-order valence-electron chi connectivity index (χ3n) is 6.42. The molecule has 39 heavy (non-hydrogen) atoms. The molecule has 0 spiro atoms. The summed E-state index contributed by atoms with van der Waals surface area (Å²) in [4.78, 5) is 51.0. The van der Waals surface area contributed by atoms with Gasteiger partial charge in [0, 0.05) is 47.2 Å². The summed E-state index contributed by atoms with van der Waals surface area (Å²) >= 11 is 5.79. The van der Waals surface area contributed by atoms with E-state index in [4.69, 9.17) is 11.6 Å². The van der Waals surface area contributed by atoms with Gasteiger partial charge in [-0.05, 0) is 25.1 Å². The lowest BCUT2D eigenvalue weighted by Crippen LogP contribution is -2.46. The van der Waals surface area contributed by atoms with Gasteiger partial charge in [0.25, 0.3) is 0 Å². The summed E-state index contributed by atoms with van der Waals surface area (Å²) in [5, 5.41) is 3.04. The fraction of sp³-hybridized carbons (Fsp3) is 0.286. The Bertz CT molecular complexity index is 1540. The van der Waals surface area contributed by atoms with Crippen LogP contribution >= 0.6 is 11.6 Å². The van der Waals surface area contributed by atoms with Crippen molar-refractivity contribution in [2.75, 3.05) is 13.7 Å². The summed E-state index contributed by atoms with van der Waals surface area (Å²) in [7, 11) is 1.21. The number of ketones is 1. The van der Waals surface area contributed by atoms with E-state index in [1.54, 1.807) is 24.3 Å². The highest BCUT2D eigenvalue weighted by atomic mass is 35.5. The molecule has 1 aromatic heterocycles. The number of carbonyl (C=O) groups is 4. The van der Waals surface area contributed by atoms with Crippen LogP contribution in [0.1, 0.15) is 34.8 Å². The summed E-state index contributed by atoms with van der Waals surface area (Å²) < 4.78 is 34.6. The molecule has 1 fully saturated rings. The van der Waals surface area contributed by atoms with Gasteiger partial charge in [0.15, 0.2) is 5.78 Å². The van der Waals surface area contributed by atoms with Gasteiger partial charge in [0.05, 0.1) is 24.2 Å². The molecule has 0 unspecified atom stereocenters. The summed E-state index contributed by atoms with van der Waals surface area (Å²) in [5.41, 5.74) is 1.47. The molecule has 0 bridgehead atoms. The zero-order valence-electron chi connectivity index (χ0n) is 21.1. The largest absolute Gasteiger partial charge is 0.459 e. The van der Waals surface area contributed by atoms with Crippen molar-refractivity contribution >= 4 is 46.1 Å². The Morgan fingerprint density at radius 3 is 2.69 bits per heavy atom. The maximum Gasteiger partial charge on any atom is 0.384 e. The van der Waals surface area contributed by atoms with Crippen LogP contribution in [0, 0.1) is 17.7 Å². The number of rotatable bonds is 6. The predicted molar refractivity (Wildman–Crippen MR) is 139 cm³/mol. The first-order chi connectivity index (χ1) is 18.6. The van der Waals surface area contributed by atoms with Gasteiger partial charge < -0.3 is 19.5 Å². The number of amides is 2. The molecule has 0 aliphatic carbocycles. The lowest BCUT2D eigenvalue weighted by Gasteiger charge is -2.24. The minimum Gasteiger partial charge on any atom is -0.459 e. The van der Waals surface area contributed by atoms with Crippen molar-refractivity contribution in [2.45, 2.75) is 38.6 Å². The number of carbonyl (C=O) groups excluding carboxylic acids is 4. The SMILES string of the molecule is COC(=O)C#Cc1ccc2c(C(C)=O)cn(CC(=O)N3C[C@H](F)C[C@H]3C(=O)NCc3cccc(Cl)c3F)c2c1. The van der Waals surface area contributed by atoms with Gasteiger partial charge in [-0.2, -0.15) is 0 Å². The summed E-state index contributed by atoms with van der Waals surface area (Å²) in [5.74, 6) is 2.22. The van der Waals surface area contributed by atoms with Crippen LogP contribution < -0.4 is 5.32 Å². The lowest BCUT2D eigenvalue weighted by atomic mass is 10.1. The number of methoxy groups -OCH3 is 1. The van der Waals surface area contributed by atoms with Crippen molar-refractivity contribution < 1.29 is 32.7 Å². The zero-order chi connectivity index (χ0) is 28.3. The van der Waals surface area contributed by atoms with Crippen molar-refractivity contribution in [3.63, 3.8) is 0 Å². The Morgan fingerprint density at radius 1 is 1.21 bits per heavy atom. The van der Waals surface area contributed by atoms with Crippen LogP contribution in [0.5, 0.6) is 0 Å². The third-order valence-corrected chi connectivity index (χ3v) is 6.71. The molecule has 1 N–H and O–H groups in total. The molecule has 3 aromatic rings. The fourth-order valence-electron chi connectivity index (χ4n) is 4.49. The second kappa shape index (κ2) is 11.7. The van der Waals surface area contributed by atoms with E-state index in [-0.39, 0.29) is 42.4 Å². The minimum absolute atomic E-state index is 0.0912. The van der Waals surface area contributed by atoms with Gasteiger partial charge in [-0.3, -0.25) is 14.4 Å². The molecule has 2 atom stereocenters. The fourth-order valence-corrected chi connectivity index (χ4v) is 4.68. The standard InChI is InChI=1S/C28H24ClF2N3O5/c1-16(35)21-14-33(23-10-17(6-8-20(21)23)7-9-26(37)39-2)15-25(36)34-13-19(30)11-24(34)28(38)32-12-18-4-3-5-22(29)27(18)31/h3-6,8,10,14,19,24H,11-13,15H2,1-2H3,(H,32,38)/t19-,24+/m1/s1. The highest BCUT2D eigenvalue weighted by Gasteiger charge is 2.39. The van der Waals surface area contributed by atoms with E-state index < -0.39 is 35.8 Å². The minimum atomic E-state index is -1.41. The summed E-state index contributed by atoms with van der Waals surface area (Å²) in [6.45, 7) is 0.650. The number of benzene rings is 2. The Balaban J connectivity index is 1.56. The normalized spacial score (nSPS) is 16.5. The van der Waals surface area contributed by atoms with Crippen molar-refractivity contribution in [1.29, 1.82) is 0 Å². The number of Topliss-reactive ketones (excluding diaryl/α,β-unsaturated/α-hetero) is 1. The van der Waals surface area contributed by atoms with Crippen molar-refractivity contribution in [3.05, 3.63) is 70.1 Å². The molecule has 202 valence electrons. The average molecular weight is 556 g/mol. The zero-order valence-corrected chi connectivity index (χ0v) is 21.9. The second-order valence-electron chi connectivity index (χ2n) is 9.03. The first-order valence-corrected chi connectivity index (χ1v) is 12.3. The number of esters is 1. The predicted octanol–water partition coefficient (Wildman–Crippen LogP) is 3.42. The van der Waals surface area contributed by atoms with E-state index in [2.05, 4.69) is 21.9 Å². The first-order valence-electron chi connectivity index (χ1n) is 12.0. The molecule has 1 aliphatic rings. The van der Waals surface area contributed by atoms with Crippen molar-refractivity contribution in [1.82, 2.24) is 14.8 Å². The molecule has 4 rings (SSSR count). The van der Waals surface area contributed by atoms with E-state index in [0.717, 1.165) is 4.90 Å². The van der Waals surface area contributed by atoms with Crippen molar-refractivity contribution in [2.24, 2.45) is 0 Å². The maximum absolute atomic E-state index is 14.4. The molecule has 2 amide bonds. The van der Waals surface area contributed by atoms with Crippen LogP contribution in [-0.4, -0.2) is 58.9 Å². The van der Waals surface area contributed by atoms with Gasteiger partial charge in [-0.25, -0.2) is 13.6 Å². The number of hydrogen-bond donors (Lipinski definition) is 1. The highest BCUT2D eigenvalue weighted by molar-refractivity contribution is 6.30. The topological polar surface area (TPSA) is 97.7 Å². The van der Waals surface area contributed by atoms with E-state index >= 15 is 0 Å². The van der Waals surface area contributed by atoms with Gasteiger partial charge in [-0.15, -0.1) is 0 Å². The Kier molecular flexibility index (Phi) is 8.31. The lowest BCUT2D eigenvalue weighted by molar-refractivity contribution is -0.139. The molecule has 1 saturated heterocycles. The number of ether oxygens (including phenoxy) is 1. The number of nitrogens with one attached hydrogen (secondary N) is 1. The van der Waals surface area contributed by atoms with Crippen LogP contribution in [0.15, 0.2) is 42.6 Å². The van der Waals surface area contributed by atoms with Crippen LogP contribution in [0.3, 0.4) is 0 Å². The molecule has 2 heterocycles. The van der Waals surface area contributed by atoms with E-state index in [0.29, 0.717) is 22.0 Å². The molecule has 1 aliphatic heterocycles. The third kappa shape index (κ3) is 6.10. The van der Waals surface area contributed by atoms with E-state index in [1.807, 2.05) is 0 Å². The van der Waals surface area contributed by atoms with E-state index in [1.165, 1.54) is 36.9 Å².